The van der Waals surface area contributed by atoms with Crippen molar-refractivity contribution in [2.24, 2.45) is 5.92 Å². The Bertz CT molecular complexity index is 1140. The lowest BCUT2D eigenvalue weighted by molar-refractivity contribution is 0.0778. The molecule has 0 atom stereocenters. The van der Waals surface area contributed by atoms with Crippen molar-refractivity contribution in [1.82, 2.24) is 24.6 Å². The van der Waals surface area contributed by atoms with E-state index in [1.54, 1.807) is 22.0 Å². The molecule has 0 unspecified atom stereocenters. The molecule has 3 heterocycles. The monoisotopic (exact) mass is 419 g/mol. The van der Waals surface area contributed by atoms with Crippen molar-refractivity contribution in [1.29, 1.82) is 0 Å². The second kappa shape index (κ2) is 7.68. The second-order valence-electron chi connectivity index (χ2n) is 8.52. The molecule has 160 valence electrons. The van der Waals surface area contributed by atoms with E-state index in [0.29, 0.717) is 35.6 Å². The molecule has 0 N–H and O–H groups in total. The highest BCUT2D eigenvalue weighted by atomic mass is 16.7. The summed E-state index contributed by atoms with van der Waals surface area (Å²) in [5.41, 5.74) is 3.21. The average Bonchev–Trinajstić information content (AvgIpc) is 3.32. The zero-order valence-electron chi connectivity index (χ0n) is 17.9. The molecular weight excluding hydrogens is 394 g/mol. The van der Waals surface area contributed by atoms with Crippen molar-refractivity contribution >= 4 is 5.91 Å². The van der Waals surface area contributed by atoms with E-state index in [1.165, 1.54) is 0 Å². The number of fused-ring (bicyclic) bond motifs is 1. The lowest BCUT2D eigenvalue weighted by Gasteiger charge is -2.19. The molecule has 0 spiro atoms. The van der Waals surface area contributed by atoms with Crippen LogP contribution in [0, 0.1) is 5.92 Å². The van der Waals surface area contributed by atoms with E-state index in [1.807, 2.05) is 31.3 Å². The number of amides is 1. The molecule has 31 heavy (non-hydrogen) atoms. The molecule has 2 aliphatic rings. The van der Waals surface area contributed by atoms with Crippen molar-refractivity contribution in [3.63, 3.8) is 0 Å². The van der Waals surface area contributed by atoms with E-state index in [0.717, 1.165) is 35.5 Å². The zero-order valence-corrected chi connectivity index (χ0v) is 17.9. The molecule has 1 amide bonds. The molecule has 1 fully saturated rings. The van der Waals surface area contributed by atoms with Crippen molar-refractivity contribution in [3.8, 4) is 28.7 Å². The van der Waals surface area contributed by atoms with Gasteiger partial charge in [-0.2, -0.15) is 5.10 Å². The summed E-state index contributed by atoms with van der Waals surface area (Å²) in [5, 5.41) is 4.52. The predicted molar refractivity (Wildman–Crippen MR) is 114 cm³/mol. The van der Waals surface area contributed by atoms with Gasteiger partial charge >= 0.3 is 0 Å². The highest BCUT2D eigenvalue weighted by Gasteiger charge is 2.34. The first-order valence-corrected chi connectivity index (χ1v) is 10.6. The fourth-order valence-electron chi connectivity index (χ4n) is 3.94. The highest BCUT2D eigenvalue weighted by molar-refractivity contribution is 5.95. The Labute approximate surface area is 180 Å². The maximum atomic E-state index is 13.1. The number of hydrogen-bond donors (Lipinski definition) is 0. The van der Waals surface area contributed by atoms with Gasteiger partial charge in [-0.25, -0.2) is 14.6 Å². The summed E-state index contributed by atoms with van der Waals surface area (Å²) < 4.78 is 12.6. The van der Waals surface area contributed by atoms with Crippen LogP contribution in [0.2, 0.25) is 0 Å². The van der Waals surface area contributed by atoms with Crippen LogP contribution in [0.5, 0.6) is 11.5 Å². The van der Waals surface area contributed by atoms with Gasteiger partial charge in [0.25, 0.3) is 11.9 Å². The van der Waals surface area contributed by atoms with Gasteiger partial charge in [0.15, 0.2) is 11.5 Å². The number of carbonyl (C=O) groups excluding carboxylic acids is 1. The molecule has 0 saturated heterocycles. The van der Waals surface area contributed by atoms with E-state index >= 15 is 0 Å². The molecule has 5 rings (SSSR count). The van der Waals surface area contributed by atoms with E-state index in [9.17, 15) is 4.79 Å². The van der Waals surface area contributed by atoms with Crippen LogP contribution in [-0.2, 0) is 0 Å². The van der Waals surface area contributed by atoms with Crippen molar-refractivity contribution in [3.05, 3.63) is 47.9 Å². The number of aromatic nitrogens is 4. The fourth-order valence-corrected chi connectivity index (χ4v) is 3.94. The summed E-state index contributed by atoms with van der Waals surface area (Å²) in [4.78, 5) is 24.0. The molecular formula is C23H25N5O3. The van der Waals surface area contributed by atoms with Crippen LogP contribution >= 0.6 is 0 Å². The van der Waals surface area contributed by atoms with E-state index < -0.39 is 0 Å². The Morgan fingerprint density at radius 2 is 2.03 bits per heavy atom. The first-order chi connectivity index (χ1) is 15.0. The van der Waals surface area contributed by atoms with Crippen molar-refractivity contribution < 1.29 is 14.3 Å². The van der Waals surface area contributed by atoms with Crippen LogP contribution in [0.4, 0.5) is 0 Å². The molecule has 1 aliphatic heterocycles. The Balaban J connectivity index is 1.50. The van der Waals surface area contributed by atoms with Gasteiger partial charge in [-0.15, -0.1) is 0 Å². The van der Waals surface area contributed by atoms with Gasteiger partial charge in [-0.05, 0) is 43.0 Å². The summed E-state index contributed by atoms with van der Waals surface area (Å²) in [6, 6.07) is 7.59. The number of carbonyl (C=O) groups is 1. The summed E-state index contributed by atoms with van der Waals surface area (Å²) in [5.74, 6) is 2.60. The lowest BCUT2D eigenvalue weighted by Crippen LogP contribution is -2.30. The minimum absolute atomic E-state index is 0.00576. The second-order valence-corrected chi connectivity index (χ2v) is 8.52. The van der Waals surface area contributed by atoms with Gasteiger partial charge < -0.3 is 14.4 Å². The summed E-state index contributed by atoms with van der Waals surface area (Å²) >= 11 is 0. The quantitative estimate of drug-likeness (QED) is 0.606. The lowest BCUT2D eigenvalue weighted by atomic mass is 10.1. The Kier molecular flexibility index (Phi) is 4.84. The minimum Gasteiger partial charge on any atom is -0.454 e. The molecule has 0 bridgehead atoms. The summed E-state index contributed by atoms with van der Waals surface area (Å²) in [6.45, 7) is 5.13. The molecule has 3 aromatic rings. The van der Waals surface area contributed by atoms with Gasteiger partial charge in [0, 0.05) is 31.3 Å². The molecule has 0 radical (unpaired) electrons. The summed E-state index contributed by atoms with van der Waals surface area (Å²) in [7, 11) is 1.84. The third-order valence-electron chi connectivity index (χ3n) is 5.49. The Hall–Kier alpha value is -3.42. The number of benzene rings is 1. The van der Waals surface area contributed by atoms with E-state index in [-0.39, 0.29) is 12.7 Å². The van der Waals surface area contributed by atoms with Gasteiger partial charge in [0.2, 0.25) is 6.79 Å². The molecule has 1 saturated carbocycles. The maximum Gasteiger partial charge on any atom is 0.257 e. The number of ether oxygens (including phenoxy) is 2. The maximum absolute atomic E-state index is 13.1. The normalized spacial score (nSPS) is 14.8. The number of hydrogen-bond acceptors (Lipinski definition) is 6. The van der Waals surface area contributed by atoms with Gasteiger partial charge in [-0.1, -0.05) is 13.8 Å². The van der Waals surface area contributed by atoms with Gasteiger partial charge in [0.1, 0.15) is 0 Å². The third-order valence-corrected chi connectivity index (χ3v) is 5.49. The molecule has 1 aliphatic carbocycles. The molecule has 8 heteroatoms. The Morgan fingerprint density at radius 3 is 2.81 bits per heavy atom. The molecule has 2 aromatic heterocycles. The number of nitrogens with zero attached hydrogens (tertiary/aromatic N) is 5. The largest absolute Gasteiger partial charge is 0.454 e. The summed E-state index contributed by atoms with van der Waals surface area (Å²) in [6.07, 6.45) is 5.46. The standard InChI is InChI=1S/C23H25N5O3/c1-14(2)12-27(3)22(29)17-11-25-28(21(17)15-4-5-15)23-24-9-8-18(26-23)16-6-7-19-20(10-16)31-13-30-19/h6-11,14-15H,4-5,12-13H2,1-3H3. The van der Waals surface area contributed by atoms with Crippen LogP contribution < -0.4 is 9.47 Å². The van der Waals surface area contributed by atoms with Gasteiger partial charge in [-0.3, -0.25) is 4.79 Å². The van der Waals surface area contributed by atoms with E-state index in [4.69, 9.17) is 14.5 Å². The van der Waals surface area contributed by atoms with E-state index in [2.05, 4.69) is 23.9 Å². The smallest absolute Gasteiger partial charge is 0.257 e. The van der Waals surface area contributed by atoms with Crippen LogP contribution in [0.3, 0.4) is 0 Å². The molecule has 1 aromatic carbocycles. The van der Waals surface area contributed by atoms with Gasteiger partial charge in [0.05, 0.1) is 23.1 Å². The van der Waals surface area contributed by atoms with Crippen molar-refractivity contribution in [2.45, 2.75) is 32.6 Å². The first-order valence-electron chi connectivity index (χ1n) is 10.6. The number of rotatable bonds is 6. The van der Waals surface area contributed by atoms with Crippen LogP contribution in [0.15, 0.2) is 36.7 Å². The average molecular weight is 419 g/mol. The predicted octanol–water partition coefficient (Wildman–Crippen LogP) is 3.66. The third kappa shape index (κ3) is 3.73. The SMILES string of the molecule is CC(C)CN(C)C(=O)c1cnn(-c2nccc(-c3ccc4c(c3)OCO4)n2)c1C1CC1. The topological polar surface area (TPSA) is 82.4 Å². The fraction of sp³-hybridized carbons (Fsp3) is 0.391. The van der Waals surface area contributed by atoms with Crippen LogP contribution in [0.1, 0.15) is 48.7 Å². The van der Waals surface area contributed by atoms with Crippen LogP contribution in [0.25, 0.3) is 17.2 Å². The van der Waals surface area contributed by atoms with Crippen LogP contribution in [-0.4, -0.2) is 50.9 Å². The minimum atomic E-state index is -0.00576. The zero-order chi connectivity index (χ0) is 21.5. The Morgan fingerprint density at radius 1 is 1.23 bits per heavy atom. The first kappa shape index (κ1) is 19.5. The van der Waals surface area contributed by atoms with Crippen molar-refractivity contribution in [2.75, 3.05) is 20.4 Å². The highest BCUT2D eigenvalue weighted by Crippen LogP contribution is 2.42. The molecule has 8 nitrogen and oxygen atoms in total.